The molecule has 0 spiro atoms. The van der Waals surface area contributed by atoms with Gasteiger partial charge in [0.25, 0.3) is 5.91 Å². The van der Waals surface area contributed by atoms with E-state index in [4.69, 9.17) is 9.84 Å². The second-order valence-electron chi connectivity index (χ2n) is 7.94. The minimum atomic E-state index is -1.18. The summed E-state index contributed by atoms with van der Waals surface area (Å²) in [5, 5.41) is 11.3. The number of fused-ring (bicyclic) bond motifs is 3. The average Bonchev–Trinajstić information content (AvgIpc) is 3.16. The number of hydrogen-bond donors (Lipinski definition) is 3. The third-order valence-corrected chi connectivity index (χ3v) is 5.76. The van der Waals surface area contributed by atoms with Crippen molar-refractivity contribution in [2.24, 2.45) is 0 Å². The maximum Gasteiger partial charge on any atom is 0.411 e. The lowest BCUT2D eigenvalue weighted by molar-refractivity contribution is -0.149. The van der Waals surface area contributed by atoms with Gasteiger partial charge in [0.05, 0.1) is 5.92 Å². The van der Waals surface area contributed by atoms with Gasteiger partial charge < -0.3 is 9.84 Å². The lowest BCUT2D eigenvalue weighted by Gasteiger charge is -2.15. The van der Waals surface area contributed by atoms with Crippen molar-refractivity contribution < 1.29 is 29.1 Å². The number of anilines is 1. The Bertz CT molecular complexity index is 1160. The van der Waals surface area contributed by atoms with E-state index in [-0.39, 0.29) is 12.5 Å². The quantitative estimate of drug-likeness (QED) is 0.432. The Morgan fingerprint density at radius 1 is 0.912 bits per heavy atom. The summed E-state index contributed by atoms with van der Waals surface area (Å²) in [6.07, 6.45) is -0.567. The van der Waals surface area contributed by atoms with Crippen LogP contribution < -0.4 is 10.8 Å². The SMILES string of the molecule is CC(C(=O)NOCC(=O)O)c1ccc(NC(=O)OCC2c3ccccc3-c3ccccc32)cc1. The Balaban J connectivity index is 1.33. The van der Waals surface area contributed by atoms with Gasteiger partial charge in [0, 0.05) is 11.6 Å². The van der Waals surface area contributed by atoms with Gasteiger partial charge in [-0.1, -0.05) is 60.7 Å². The summed E-state index contributed by atoms with van der Waals surface area (Å²) in [6, 6.07) is 23.0. The number of amides is 2. The first-order chi connectivity index (χ1) is 16.4. The van der Waals surface area contributed by atoms with Crippen molar-refractivity contribution in [3.63, 3.8) is 0 Å². The maximum absolute atomic E-state index is 12.4. The predicted octanol–water partition coefficient (Wildman–Crippen LogP) is 4.28. The summed E-state index contributed by atoms with van der Waals surface area (Å²) in [4.78, 5) is 39.6. The zero-order valence-electron chi connectivity index (χ0n) is 18.5. The normalized spacial score (nSPS) is 12.9. The van der Waals surface area contributed by atoms with Crippen molar-refractivity contribution in [3.8, 4) is 11.1 Å². The molecule has 174 valence electrons. The number of carbonyl (C=O) groups is 3. The van der Waals surface area contributed by atoms with Crippen molar-refractivity contribution in [2.45, 2.75) is 18.8 Å². The van der Waals surface area contributed by atoms with Crippen molar-refractivity contribution >= 4 is 23.7 Å². The Morgan fingerprint density at radius 2 is 1.50 bits per heavy atom. The van der Waals surface area contributed by atoms with Gasteiger partial charge in [0.15, 0.2) is 6.61 Å². The Morgan fingerprint density at radius 3 is 2.09 bits per heavy atom. The van der Waals surface area contributed by atoms with Crippen LogP contribution in [0.2, 0.25) is 0 Å². The number of hydroxylamine groups is 1. The lowest BCUT2D eigenvalue weighted by atomic mass is 9.98. The van der Waals surface area contributed by atoms with Gasteiger partial charge in [-0.25, -0.2) is 15.1 Å². The molecule has 2 amide bonds. The summed E-state index contributed by atoms with van der Waals surface area (Å²) in [5.74, 6) is -2.25. The van der Waals surface area contributed by atoms with Crippen molar-refractivity contribution in [1.29, 1.82) is 0 Å². The van der Waals surface area contributed by atoms with Crippen molar-refractivity contribution in [2.75, 3.05) is 18.5 Å². The molecule has 0 aliphatic heterocycles. The highest BCUT2D eigenvalue weighted by Crippen LogP contribution is 2.44. The fraction of sp³-hybridized carbons (Fsp3) is 0.192. The first-order valence-electron chi connectivity index (χ1n) is 10.8. The van der Waals surface area contributed by atoms with Gasteiger partial charge in [-0.05, 0) is 46.9 Å². The van der Waals surface area contributed by atoms with Crippen LogP contribution in [0.3, 0.4) is 0 Å². The summed E-state index contributed by atoms with van der Waals surface area (Å²) in [6.45, 7) is 1.25. The molecule has 1 atom stereocenters. The van der Waals surface area contributed by atoms with Gasteiger partial charge in [-0.15, -0.1) is 0 Å². The highest BCUT2D eigenvalue weighted by atomic mass is 16.7. The van der Waals surface area contributed by atoms with Crippen LogP contribution in [0.15, 0.2) is 72.8 Å². The van der Waals surface area contributed by atoms with Crippen molar-refractivity contribution in [3.05, 3.63) is 89.5 Å². The molecule has 0 fully saturated rings. The van der Waals surface area contributed by atoms with Gasteiger partial charge >= 0.3 is 12.1 Å². The van der Waals surface area contributed by atoms with E-state index in [0.29, 0.717) is 11.3 Å². The fourth-order valence-corrected chi connectivity index (χ4v) is 4.02. The molecule has 3 N–H and O–H groups in total. The first kappa shape index (κ1) is 23.0. The predicted molar refractivity (Wildman–Crippen MR) is 125 cm³/mol. The zero-order valence-corrected chi connectivity index (χ0v) is 18.5. The summed E-state index contributed by atoms with van der Waals surface area (Å²) < 4.78 is 5.54. The molecule has 0 heterocycles. The smallest absolute Gasteiger partial charge is 0.411 e. The molecule has 3 aromatic carbocycles. The van der Waals surface area contributed by atoms with Gasteiger partial charge in [-0.2, -0.15) is 0 Å². The summed E-state index contributed by atoms with van der Waals surface area (Å²) in [5.41, 5.74) is 7.91. The standard InChI is InChI=1S/C26H24N2O6/c1-16(25(31)28-34-15-24(29)30)17-10-12-18(13-11-17)27-26(32)33-14-23-21-8-4-2-6-19(21)20-7-3-5-9-22(20)23/h2-13,16,23H,14-15H2,1H3,(H,27,32)(H,28,31)(H,29,30). The first-order valence-corrected chi connectivity index (χ1v) is 10.8. The second kappa shape index (κ2) is 10.2. The Hall–Kier alpha value is -4.17. The number of hydrogen-bond acceptors (Lipinski definition) is 5. The molecule has 34 heavy (non-hydrogen) atoms. The second-order valence-corrected chi connectivity index (χ2v) is 7.94. The Kier molecular flexibility index (Phi) is 6.89. The number of carboxylic acids is 1. The number of carboxylic acid groups (broad SMARTS) is 1. The number of rotatable bonds is 8. The van der Waals surface area contributed by atoms with E-state index in [0.717, 1.165) is 22.3 Å². The molecule has 0 radical (unpaired) electrons. The molecule has 1 aliphatic carbocycles. The van der Waals surface area contributed by atoms with E-state index < -0.39 is 30.5 Å². The number of nitrogens with one attached hydrogen (secondary N) is 2. The Labute approximate surface area is 196 Å². The molecule has 0 bridgehead atoms. The van der Waals surface area contributed by atoms with E-state index in [1.165, 1.54) is 0 Å². The van der Waals surface area contributed by atoms with E-state index in [2.05, 4.69) is 39.9 Å². The number of aliphatic carboxylic acids is 1. The van der Waals surface area contributed by atoms with Crippen LogP contribution in [-0.4, -0.2) is 36.3 Å². The highest BCUT2D eigenvalue weighted by molar-refractivity contribution is 5.86. The van der Waals surface area contributed by atoms with Crippen LogP contribution >= 0.6 is 0 Å². The van der Waals surface area contributed by atoms with Crippen molar-refractivity contribution in [1.82, 2.24) is 5.48 Å². The molecular formula is C26H24N2O6. The molecule has 1 unspecified atom stereocenters. The molecule has 0 saturated heterocycles. The molecule has 8 nitrogen and oxygen atoms in total. The van der Waals surface area contributed by atoms with E-state index in [9.17, 15) is 14.4 Å². The van der Waals surface area contributed by atoms with E-state index >= 15 is 0 Å². The van der Waals surface area contributed by atoms with Crippen LogP contribution in [0.25, 0.3) is 11.1 Å². The van der Waals surface area contributed by atoms with Crippen LogP contribution in [0.1, 0.15) is 35.4 Å². The molecule has 1 aliphatic rings. The van der Waals surface area contributed by atoms with Gasteiger partial charge in [-0.3, -0.25) is 14.9 Å². The minimum Gasteiger partial charge on any atom is -0.479 e. The molecule has 8 heteroatoms. The third-order valence-electron chi connectivity index (χ3n) is 5.76. The lowest BCUT2D eigenvalue weighted by Crippen LogP contribution is -2.30. The van der Waals surface area contributed by atoms with Crippen LogP contribution in [0, 0.1) is 0 Å². The fourth-order valence-electron chi connectivity index (χ4n) is 4.02. The summed E-state index contributed by atoms with van der Waals surface area (Å²) >= 11 is 0. The minimum absolute atomic E-state index is 0.0248. The van der Waals surface area contributed by atoms with Crippen LogP contribution in [0.5, 0.6) is 0 Å². The van der Waals surface area contributed by atoms with Crippen LogP contribution in [0.4, 0.5) is 10.5 Å². The third kappa shape index (κ3) is 5.07. The topological polar surface area (TPSA) is 114 Å². The van der Waals surface area contributed by atoms with E-state index in [1.54, 1.807) is 31.2 Å². The monoisotopic (exact) mass is 460 g/mol. The molecule has 0 aromatic heterocycles. The zero-order chi connectivity index (χ0) is 24.1. The largest absolute Gasteiger partial charge is 0.479 e. The number of benzene rings is 3. The van der Waals surface area contributed by atoms with Gasteiger partial charge in [0.2, 0.25) is 0 Å². The molecular weight excluding hydrogens is 436 g/mol. The number of carbonyl (C=O) groups excluding carboxylic acids is 2. The molecule has 4 rings (SSSR count). The summed E-state index contributed by atoms with van der Waals surface area (Å²) in [7, 11) is 0. The van der Waals surface area contributed by atoms with Gasteiger partial charge in [0.1, 0.15) is 6.61 Å². The highest BCUT2D eigenvalue weighted by Gasteiger charge is 2.29. The maximum atomic E-state index is 12.4. The average molecular weight is 460 g/mol. The molecule has 0 saturated carbocycles. The van der Waals surface area contributed by atoms with E-state index in [1.807, 2.05) is 24.3 Å². The molecule has 3 aromatic rings. The van der Waals surface area contributed by atoms with Crippen LogP contribution in [-0.2, 0) is 19.2 Å². The number of ether oxygens (including phenoxy) is 1.